The number of nitrogens with one attached hydrogen (secondary N) is 1. The van der Waals surface area contributed by atoms with Crippen LogP contribution < -0.4 is 4.74 Å². The molecule has 1 N–H and O–H groups in total. The number of fused-ring (bicyclic) bond motifs is 1. The van der Waals surface area contributed by atoms with Gasteiger partial charge in [0.05, 0.1) is 21.1 Å². The number of nitrogens with zero attached hydrogens (tertiary/aromatic N) is 1. The van der Waals surface area contributed by atoms with Crippen molar-refractivity contribution in [3.05, 3.63) is 57.8 Å². The number of rotatable bonds is 3. The summed E-state index contributed by atoms with van der Waals surface area (Å²) in [6, 6.07) is 11.4. The van der Waals surface area contributed by atoms with Crippen molar-refractivity contribution >= 4 is 34.2 Å². The molecule has 108 valence electrons. The monoisotopic (exact) mass is 320 g/mol. The second-order valence-corrected chi connectivity index (χ2v) is 5.75. The molecule has 1 aromatic heterocycles. The summed E-state index contributed by atoms with van der Waals surface area (Å²) >= 11 is 12.0. The fourth-order valence-corrected chi connectivity index (χ4v) is 2.47. The van der Waals surface area contributed by atoms with Crippen LogP contribution in [0.5, 0.6) is 5.75 Å². The van der Waals surface area contributed by atoms with Crippen LogP contribution in [0.15, 0.2) is 36.4 Å². The SMILES string of the molecule is Cc1ccccc1OC(C)c1nc2cc(Cl)c(Cl)cc2[nH]1. The van der Waals surface area contributed by atoms with E-state index in [1.807, 2.05) is 38.1 Å². The van der Waals surface area contributed by atoms with E-state index >= 15 is 0 Å². The molecule has 3 rings (SSSR count). The normalized spacial score (nSPS) is 12.6. The van der Waals surface area contributed by atoms with Crippen molar-refractivity contribution in [2.75, 3.05) is 0 Å². The molecule has 0 amide bonds. The summed E-state index contributed by atoms with van der Waals surface area (Å²) in [6.45, 7) is 3.97. The molecule has 0 aliphatic heterocycles. The number of ether oxygens (including phenoxy) is 1. The lowest BCUT2D eigenvalue weighted by molar-refractivity contribution is 0.216. The Bertz CT molecular complexity index is 759. The standard InChI is InChI=1S/C16H14Cl2N2O/c1-9-5-3-4-6-15(9)21-10(2)16-19-13-7-11(17)12(18)8-14(13)20-16/h3-8,10H,1-2H3,(H,19,20). The molecular formula is C16H14Cl2N2O. The lowest BCUT2D eigenvalue weighted by Crippen LogP contribution is -2.05. The molecular weight excluding hydrogens is 307 g/mol. The number of hydrogen-bond donors (Lipinski definition) is 1. The first-order valence-corrected chi connectivity index (χ1v) is 7.37. The number of hydrogen-bond acceptors (Lipinski definition) is 2. The molecule has 0 fully saturated rings. The van der Waals surface area contributed by atoms with Gasteiger partial charge in [0.1, 0.15) is 11.6 Å². The van der Waals surface area contributed by atoms with Gasteiger partial charge < -0.3 is 9.72 Å². The third-order valence-electron chi connectivity index (χ3n) is 3.32. The first-order chi connectivity index (χ1) is 10.0. The van der Waals surface area contributed by atoms with Crippen molar-refractivity contribution in [1.82, 2.24) is 9.97 Å². The van der Waals surface area contributed by atoms with Crippen LogP contribution in [0.3, 0.4) is 0 Å². The summed E-state index contributed by atoms with van der Waals surface area (Å²) in [7, 11) is 0. The van der Waals surface area contributed by atoms with Crippen LogP contribution in [0.25, 0.3) is 11.0 Å². The van der Waals surface area contributed by atoms with Crippen LogP contribution in [-0.2, 0) is 0 Å². The highest BCUT2D eigenvalue weighted by Gasteiger charge is 2.14. The van der Waals surface area contributed by atoms with Crippen molar-refractivity contribution < 1.29 is 4.74 Å². The topological polar surface area (TPSA) is 37.9 Å². The van der Waals surface area contributed by atoms with Gasteiger partial charge in [0.2, 0.25) is 0 Å². The van der Waals surface area contributed by atoms with Crippen LogP contribution in [0.2, 0.25) is 10.0 Å². The number of aromatic amines is 1. The van der Waals surface area contributed by atoms with Crippen molar-refractivity contribution in [2.45, 2.75) is 20.0 Å². The van der Waals surface area contributed by atoms with Gasteiger partial charge in [-0.2, -0.15) is 0 Å². The average Bonchev–Trinajstić information content (AvgIpc) is 2.85. The van der Waals surface area contributed by atoms with Crippen LogP contribution >= 0.6 is 23.2 Å². The molecule has 3 nitrogen and oxygen atoms in total. The van der Waals surface area contributed by atoms with Gasteiger partial charge in [-0.05, 0) is 37.6 Å². The van der Waals surface area contributed by atoms with Gasteiger partial charge in [0.25, 0.3) is 0 Å². The van der Waals surface area contributed by atoms with Gasteiger partial charge in [0.15, 0.2) is 6.10 Å². The number of halogens is 2. The van der Waals surface area contributed by atoms with Crippen molar-refractivity contribution in [2.24, 2.45) is 0 Å². The molecule has 2 aromatic carbocycles. The Balaban J connectivity index is 1.91. The van der Waals surface area contributed by atoms with Gasteiger partial charge in [0, 0.05) is 0 Å². The Morgan fingerprint density at radius 3 is 2.62 bits per heavy atom. The predicted octanol–water partition coefficient (Wildman–Crippen LogP) is 5.32. The van der Waals surface area contributed by atoms with E-state index in [1.165, 1.54) is 0 Å². The molecule has 0 aliphatic carbocycles. The third kappa shape index (κ3) is 2.85. The Hall–Kier alpha value is -1.71. The number of para-hydroxylation sites is 1. The van der Waals surface area contributed by atoms with E-state index in [-0.39, 0.29) is 6.10 Å². The highest BCUT2D eigenvalue weighted by atomic mass is 35.5. The number of benzene rings is 2. The highest BCUT2D eigenvalue weighted by Crippen LogP contribution is 2.29. The maximum absolute atomic E-state index is 6.02. The lowest BCUT2D eigenvalue weighted by Gasteiger charge is -2.14. The molecule has 21 heavy (non-hydrogen) atoms. The Morgan fingerprint density at radius 2 is 1.86 bits per heavy atom. The molecule has 5 heteroatoms. The van der Waals surface area contributed by atoms with E-state index < -0.39 is 0 Å². The van der Waals surface area contributed by atoms with Crippen LogP contribution in [0.1, 0.15) is 24.4 Å². The molecule has 1 atom stereocenters. The van der Waals surface area contributed by atoms with E-state index in [0.717, 1.165) is 28.2 Å². The fourth-order valence-electron chi connectivity index (χ4n) is 2.15. The largest absolute Gasteiger partial charge is 0.483 e. The third-order valence-corrected chi connectivity index (χ3v) is 4.05. The maximum Gasteiger partial charge on any atom is 0.153 e. The predicted molar refractivity (Wildman–Crippen MR) is 86.3 cm³/mol. The molecule has 1 unspecified atom stereocenters. The Labute approximate surface area is 132 Å². The van der Waals surface area contributed by atoms with E-state index in [0.29, 0.717) is 10.0 Å². The smallest absolute Gasteiger partial charge is 0.153 e. The quantitative estimate of drug-likeness (QED) is 0.709. The van der Waals surface area contributed by atoms with E-state index in [1.54, 1.807) is 12.1 Å². The van der Waals surface area contributed by atoms with Crippen molar-refractivity contribution in [3.63, 3.8) is 0 Å². The van der Waals surface area contributed by atoms with Crippen LogP contribution in [0, 0.1) is 6.92 Å². The van der Waals surface area contributed by atoms with Crippen molar-refractivity contribution in [3.8, 4) is 5.75 Å². The zero-order valence-corrected chi connectivity index (χ0v) is 13.2. The van der Waals surface area contributed by atoms with Crippen molar-refractivity contribution in [1.29, 1.82) is 0 Å². The molecule has 0 saturated carbocycles. The number of aromatic nitrogens is 2. The van der Waals surface area contributed by atoms with E-state index in [2.05, 4.69) is 9.97 Å². The summed E-state index contributed by atoms with van der Waals surface area (Å²) in [6.07, 6.45) is -0.198. The minimum Gasteiger partial charge on any atom is -0.483 e. The fraction of sp³-hybridized carbons (Fsp3) is 0.188. The van der Waals surface area contributed by atoms with Gasteiger partial charge in [-0.3, -0.25) is 0 Å². The number of H-pyrrole nitrogens is 1. The summed E-state index contributed by atoms with van der Waals surface area (Å²) in [5, 5.41) is 1.00. The number of aryl methyl sites for hydroxylation is 1. The van der Waals surface area contributed by atoms with Gasteiger partial charge >= 0.3 is 0 Å². The summed E-state index contributed by atoms with van der Waals surface area (Å²) in [5.74, 6) is 1.59. The minimum atomic E-state index is -0.198. The number of imidazole rings is 1. The van der Waals surface area contributed by atoms with Gasteiger partial charge in [-0.1, -0.05) is 41.4 Å². The second-order valence-electron chi connectivity index (χ2n) is 4.93. The summed E-state index contributed by atoms with van der Waals surface area (Å²) < 4.78 is 5.96. The summed E-state index contributed by atoms with van der Waals surface area (Å²) in [4.78, 5) is 7.74. The molecule has 1 heterocycles. The molecule has 0 saturated heterocycles. The molecule has 3 aromatic rings. The Kier molecular flexibility index (Phi) is 3.79. The second kappa shape index (κ2) is 5.58. The van der Waals surface area contributed by atoms with Gasteiger partial charge in [-0.25, -0.2) is 4.98 Å². The lowest BCUT2D eigenvalue weighted by atomic mass is 10.2. The molecule has 0 bridgehead atoms. The van der Waals surface area contributed by atoms with Gasteiger partial charge in [-0.15, -0.1) is 0 Å². The molecule has 0 radical (unpaired) electrons. The minimum absolute atomic E-state index is 0.198. The average molecular weight is 321 g/mol. The first kappa shape index (κ1) is 14.2. The highest BCUT2D eigenvalue weighted by molar-refractivity contribution is 6.42. The van der Waals surface area contributed by atoms with Crippen LogP contribution in [-0.4, -0.2) is 9.97 Å². The molecule has 0 spiro atoms. The zero-order chi connectivity index (χ0) is 15.0. The Morgan fingerprint density at radius 1 is 1.14 bits per heavy atom. The molecule has 0 aliphatic rings. The maximum atomic E-state index is 6.02. The van der Waals surface area contributed by atoms with E-state index in [9.17, 15) is 0 Å². The zero-order valence-electron chi connectivity index (χ0n) is 11.7. The first-order valence-electron chi connectivity index (χ1n) is 6.61. The summed E-state index contributed by atoms with van der Waals surface area (Å²) in [5.41, 5.74) is 2.71. The van der Waals surface area contributed by atoms with E-state index in [4.69, 9.17) is 27.9 Å². The van der Waals surface area contributed by atoms with Crippen LogP contribution in [0.4, 0.5) is 0 Å².